The molecule has 0 spiro atoms. The van der Waals surface area contributed by atoms with Gasteiger partial charge in [0.1, 0.15) is 12.2 Å². The molecule has 5 aliphatic rings. The molecule has 1 aromatic carbocycles. The summed E-state index contributed by atoms with van der Waals surface area (Å²) in [7, 11) is -1.81. The Labute approximate surface area is 247 Å². The zero-order chi connectivity index (χ0) is 29.9. The van der Waals surface area contributed by atoms with Crippen molar-refractivity contribution in [3.63, 3.8) is 0 Å². The van der Waals surface area contributed by atoms with Crippen LogP contribution in [0, 0.1) is 28.1 Å². The molecule has 6 heteroatoms. The minimum atomic E-state index is -1.81. The van der Waals surface area contributed by atoms with Crippen molar-refractivity contribution in [2.24, 2.45) is 28.1 Å². The lowest BCUT2D eigenvalue weighted by molar-refractivity contribution is -0.186. The van der Waals surface area contributed by atoms with E-state index in [4.69, 9.17) is 13.9 Å². The topological polar surface area (TPSA) is 61.8 Å². The second-order valence-electron chi connectivity index (χ2n) is 15.6. The van der Waals surface area contributed by atoms with E-state index in [0.717, 1.165) is 12.8 Å². The molecule has 222 valence electrons. The van der Waals surface area contributed by atoms with E-state index < -0.39 is 25.3 Å². The van der Waals surface area contributed by atoms with Gasteiger partial charge in [-0.2, -0.15) is 0 Å². The number of ether oxygens (including phenoxy) is 2. The molecule has 1 aromatic rings. The van der Waals surface area contributed by atoms with Crippen molar-refractivity contribution in [2.45, 2.75) is 117 Å². The number of rotatable bonds is 5. The molecular formula is C35H48O5Si. The number of ketones is 1. The second-order valence-corrected chi connectivity index (χ2v) is 20.4. The van der Waals surface area contributed by atoms with Gasteiger partial charge in [0.15, 0.2) is 14.1 Å². The molecule has 0 radical (unpaired) electrons. The molecule has 6 rings (SSSR count). The van der Waals surface area contributed by atoms with Gasteiger partial charge in [-0.05, 0) is 67.1 Å². The molecule has 0 N–H and O–H groups in total. The van der Waals surface area contributed by atoms with Gasteiger partial charge in [0.25, 0.3) is 0 Å². The number of benzene rings is 1. The summed E-state index contributed by atoms with van der Waals surface area (Å²) in [6.07, 6.45) is 4.52. The normalized spacial score (nSPS) is 41.4. The van der Waals surface area contributed by atoms with Crippen LogP contribution in [0.5, 0.6) is 0 Å². The van der Waals surface area contributed by atoms with E-state index in [-0.39, 0.29) is 52.2 Å². The Morgan fingerprint density at radius 3 is 2.32 bits per heavy atom. The van der Waals surface area contributed by atoms with Crippen molar-refractivity contribution in [3.05, 3.63) is 58.7 Å². The number of esters is 1. The number of allylic oxidation sites excluding steroid dienone is 2. The smallest absolute Gasteiger partial charge is 0.316 e. The maximum Gasteiger partial charge on any atom is 0.316 e. The van der Waals surface area contributed by atoms with Crippen molar-refractivity contribution in [2.75, 3.05) is 0 Å². The van der Waals surface area contributed by atoms with Crippen LogP contribution in [-0.4, -0.2) is 38.4 Å². The van der Waals surface area contributed by atoms with Crippen LogP contribution in [0.25, 0.3) is 0 Å². The van der Waals surface area contributed by atoms with E-state index in [0.29, 0.717) is 6.61 Å². The average Bonchev–Trinajstić information content (AvgIpc) is 3.48. The SMILES string of the molecule is CC[C@H]1[C@]2(C)C3=C(C)[C@H](c4ccc(CO[Si](C)(C)C(C)(C)C)cc4)C[C@H]3O[C@@H]2[C@@H]2OC(=O)[C@]3(C)C=CC(=O)[C@@]1(C)[C@@H]23. The Morgan fingerprint density at radius 2 is 1.71 bits per heavy atom. The summed E-state index contributed by atoms with van der Waals surface area (Å²) in [5.74, 6) is 0.0187. The van der Waals surface area contributed by atoms with Gasteiger partial charge in [-0.25, -0.2) is 0 Å². The van der Waals surface area contributed by atoms with Crippen LogP contribution in [0.2, 0.25) is 18.1 Å². The van der Waals surface area contributed by atoms with Gasteiger partial charge in [-0.15, -0.1) is 0 Å². The van der Waals surface area contributed by atoms with Gasteiger partial charge in [0.2, 0.25) is 0 Å². The lowest BCUT2D eigenvalue weighted by Crippen LogP contribution is -2.65. The van der Waals surface area contributed by atoms with Crippen LogP contribution in [0.15, 0.2) is 47.6 Å². The Hall–Kier alpha value is -2.02. The van der Waals surface area contributed by atoms with Crippen molar-refractivity contribution >= 4 is 20.1 Å². The lowest BCUT2D eigenvalue weighted by Gasteiger charge is -2.59. The summed E-state index contributed by atoms with van der Waals surface area (Å²) in [5, 5.41) is 0.187. The van der Waals surface area contributed by atoms with Gasteiger partial charge in [0.05, 0.1) is 18.1 Å². The highest BCUT2D eigenvalue weighted by atomic mass is 28.4. The summed E-state index contributed by atoms with van der Waals surface area (Å²) >= 11 is 0. The second kappa shape index (κ2) is 9.00. The predicted octanol–water partition coefficient (Wildman–Crippen LogP) is 7.52. The Balaban J connectivity index is 1.33. The summed E-state index contributed by atoms with van der Waals surface area (Å²) in [6.45, 7) is 22.9. The Kier molecular flexibility index (Phi) is 6.38. The highest BCUT2D eigenvalue weighted by Crippen LogP contribution is 2.72. The molecule has 3 aliphatic carbocycles. The minimum Gasteiger partial charge on any atom is -0.459 e. The van der Waals surface area contributed by atoms with E-state index in [1.807, 2.05) is 6.92 Å². The average molecular weight is 577 g/mol. The number of hydrogen-bond acceptors (Lipinski definition) is 5. The van der Waals surface area contributed by atoms with Crippen LogP contribution in [0.1, 0.15) is 85.3 Å². The van der Waals surface area contributed by atoms with Crippen LogP contribution in [0.4, 0.5) is 0 Å². The summed E-state index contributed by atoms with van der Waals surface area (Å²) in [4.78, 5) is 27.0. The molecule has 1 saturated carbocycles. The van der Waals surface area contributed by atoms with Crippen molar-refractivity contribution in [3.8, 4) is 0 Å². The largest absolute Gasteiger partial charge is 0.459 e. The first-order valence-electron chi connectivity index (χ1n) is 15.6. The molecular weight excluding hydrogens is 528 g/mol. The van der Waals surface area contributed by atoms with Crippen molar-refractivity contribution < 1.29 is 23.5 Å². The molecule has 2 heterocycles. The summed E-state index contributed by atoms with van der Waals surface area (Å²) in [5.41, 5.74) is 3.36. The van der Waals surface area contributed by atoms with Gasteiger partial charge in [-0.3, -0.25) is 9.59 Å². The monoisotopic (exact) mass is 576 g/mol. The van der Waals surface area contributed by atoms with Crippen molar-refractivity contribution in [1.29, 1.82) is 0 Å². The molecule has 2 aliphatic heterocycles. The quantitative estimate of drug-likeness (QED) is 0.206. The van der Waals surface area contributed by atoms with Gasteiger partial charge in [0, 0.05) is 22.7 Å². The van der Waals surface area contributed by atoms with E-state index in [9.17, 15) is 9.59 Å². The lowest BCUT2D eigenvalue weighted by atomic mass is 9.42. The van der Waals surface area contributed by atoms with Crippen LogP contribution in [-0.2, 0) is 30.1 Å². The molecule has 41 heavy (non-hydrogen) atoms. The number of carbonyl (C=O) groups is 2. The third kappa shape index (κ3) is 3.72. The highest BCUT2D eigenvalue weighted by molar-refractivity contribution is 6.74. The number of carbonyl (C=O) groups excluding carboxylic acids is 2. The number of hydrogen-bond donors (Lipinski definition) is 0. The maximum absolute atomic E-state index is 13.8. The minimum absolute atomic E-state index is 0.0250. The molecule has 0 unspecified atom stereocenters. The molecule has 0 amide bonds. The molecule has 5 nitrogen and oxygen atoms in total. The fourth-order valence-corrected chi connectivity index (χ4v) is 10.4. The molecule has 0 bridgehead atoms. The first-order valence-corrected chi connectivity index (χ1v) is 18.5. The van der Waals surface area contributed by atoms with E-state index in [2.05, 4.69) is 85.8 Å². The predicted molar refractivity (Wildman–Crippen MR) is 163 cm³/mol. The summed E-state index contributed by atoms with van der Waals surface area (Å²) < 4.78 is 19.6. The molecule has 3 fully saturated rings. The van der Waals surface area contributed by atoms with Crippen LogP contribution < -0.4 is 0 Å². The van der Waals surface area contributed by atoms with E-state index in [1.54, 1.807) is 12.2 Å². The van der Waals surface area contributed by atoms with Crippen molar-refractivity contribution in [1.82, 2.24) is 0 Å². The number of fused-ring (bicyclic) bond motifs is 4. The molecule has 0 aromatic heterocycles. The third-order valence-electron chi connectivity index (χ3n) is 12.6. The highest BCUT2D eigenvalue weighted by Gasteiger charge is 2.77. The first kappa shape index (κ1) is 29.1. The first-order chi connectivity index (χ1) is 19.0. The van der Waals surface area contributed by atoms with Crippen LogP contribution >= 0.6 is 0 Å². The third-order valence-corrected chi connectivity index (χ3v) is 17.0. The summed E-state index contributed by atoms with van der Waals surface area (Å²) in [6, 6.07) is 8.95. The fraction of sp³-hybridized carbons (Fsp3) is 0.657. The van der Waals surface area contributed by atoms with Crippen LogP contribution in [0.3, 0.4) is 0 Å². The van der Waals surface area contributed by atoms with Gasteiger partial charge < -0.3 is 13.9 Å². The standard InChI is InChI=1S/C35H48O5Si/c1-11-25-34(7)26(36)16-17-33(6)29(34)28(40-31(33)37)30-35(25,8)27-20(2)23(18-24(27)39-30)22-14-12-21(13-15-22)19-38-41(9,10)32(3,4)5/h12-17,23-25,28-30H,11,18-19H2,1-10H3/t23-,24-,25-,28-,29+,30-,33-,34+,35-/m1/s1. The molecule has 2 saturated heterocycles. The zero-order valence-electron chi connectivity index (χ0n) is 26.6. The Morgan fingerprint density at radius 1 is 1.05 bits per heavy atom. The van der Waals surface area contributed by atoms with Gasteiger partial charge >= 0.3 is 5.97 Å². The van der Waals surface area contributed by atoms with E-state index >= 15 is 0 Å². The Bertz CT molecular complexity index is 1350. The van der Waals surface area contributed by atoms with Gasteiger partial charge in [-0.1, -0.05) is 83.9 Å². The van der Waals surface area contributed by atoms with E-state index in [1.165, 1.54) is 22.3 Å². The fourth-order valence-electron chi connectivity index (χ4n) is 9.43. The maximum atomic E-state index is 13.8. The zero-order valence-corrected chi connectivity index (χ0v) is 27.6. The molecule has 9 atom stereocenters.